The Morgan fingerprint density at radius 2 is 2.16 bits per heavy atom. The number of rotatable bonds is 3. The molecule has 106 valence electrons. The van der Waals surface area contributed by atoms with E-state index in [4.69, 9.17) is 5.73 Å². The number of nitrogens with one attached hydrogen (secondary N) is 1. The lowest BCUT2D eigenvalue weighted by molar-refractivity contribution is 0.0894. The number of nitrogens with two attached hydrogens (primary N) is 1. The van der Waals surface area contributed by atoms with Crippen LogP contribution in [0.3, 0.4) is 0 Å². The van der Waals surface area contributed by atoms with Crippen LogP contribution in [0.5, 0.6) is 0 Å². The minimum Gasteiger partial charge on any atom is -0.375 e. The van der Waals surface area contributed by atoms with Crippen molar-refractivity contribution in [3.8, 4) is 0 Å². The van der Waals surface area contributed by atoms with Gasteiger partial charge in [0.25, 0.3) is 5.91 Å². The highest BCUT2D eigenvalue weighted by Gasteiger charge is 2.29. The van der Waals surface area contributed by atoms with E-state index >= 15 is 0 Å². The van der Waals surface area contributed by atoms with E-state index in [1.165, 1.54) is 11.3 Å². The van der Waals surface area contributed by atoms with Crippen molar-refractivity contribution in [1.82, 2.24) is 15.2 Å². The van der Waals surface area contributed by atoms with E-state index in [9.17, 15) is 4.79 Å². The number of carbonyl (C=O) groups excluding carboxylic acids is 1. The van der Waals surface area contributed by atoms with Gasteiger partial charge in [-0.3, -0.25) is 4.79 Å². The van der Waals surface area contributed by atoms with Crippen molar-refractivity contribution in [2.75, 3.05) is 32.4 Å². The number of aryl methyl sites for hydroxylation is 1. The first-order chi connectivity index (χ1) is 8.89. The molecule has 0 saturated carbocycles. The molecule has 6 heteroatoms. The van der Waals surface area contributed by atoms with E-state index in [1.54, 1.807) is 0 Å². The Morgan fingerprint density at radius 1 is 1.53 bits per heavy atom. The van der Waals surface area contributed by atoms with Crippen LogP contribution in [-0.4, -0.2) is 42.5 Å². The lowest BCUT2D eigenvalue weighted by Gasteiger charge is -2.37. The Bertz CT molecular complexity index is 463. The molecule has 0 bridgehead atoms. The summed E-state index contributed by atoms with van der Waals surface area (Å²) in [6.45, 7) is 6.97. The van der Waals surface area contributed by atoms with Gasteiger partial charge in [0.2, 0.25) is 0 Å². The second-order valence-electron chi connectivity index (χ2n) is 5.76. The first-order valence-corrected chi connectivity index (χ1v) is 7.41. The maximum absolute atomic E-state index is 12.1. The van der Waals surface area contributed by atoms with Gasteiger partial charge in [0.1, 0.15) is 4.88 Å². The second kappa shape index (κ2) is 5.46. The third-order valence-corrected chi connectivity index (χ3v) is 4.87. The SMILES string of the molecule is Cc1nc(N)sc1C(=O)NCC1(C)CCN(C)CC1. The molecule has 1 aliphatic rings. The summed E-state index contributed by atoms with van der Waals surface area (Å²) in [4.78, 5) is 19.2. The Hall–Kier alpha value is -1.14. The molecule has 1 fully saturated rings. The number of likely N-dealkylation sites (tertiary alicyclic amines) is 1. The molecule has 0 aliphatic carbocycles. The first kappa shape index (κ1) is 14.3. The number of piperidine rings is 1. The van der Waals surface area contributed by atoms with Crippen LogP contribution in [0.25, 0.3) is 0 Å². The van der Waals surface area contributed by atoms with E-state index in [1.807, 2.05) is 6.92 Å². The molecule has 0 spiro atoms. The molecule has 1 amide bonds. The minimum absolute atomic E-state index is 0.0492. The molecule has 2 rings (SSSR count). The number of amides is 1. The predicted molar refractivity (Wildman–Crippen MR) is 78.4 cm³/mol. The quantitative estimate of drug-likeness (QED) is 0.881. The predicted octanol–water partition coefficient (Wildman–Crippen LogP) is 1.50. The summed E-state index contributed by atoms with van der Waals surface area (Å²) in [5, 5.41) is 3.49. The van der Waals surface area contributed by atoms with Crippen LogP contribution in [0, 0.1) is 12.3 Å². The third kappa shape index (κ3) is 3.45. The third-order valence-electron chi connectivity index (χ3n) is 3.89. The molecule has 19 heavy (non-hydrogen) atoms. The molecule has 0 atom stereocenters. The highest BCUT2D eigenvalue weighted by atomic mass is 32.1. The molecule has 1 aromatic rings. The number of nitrogen functional groups attached to an aromatic ring is 1. The molecule has 2 heterocycles. The normalized spacial score (nSPS) is 19.3. The fourth-order valence-electron chi connectivity index (χ4n) is 2.34. The summed E-state index contributed by atoms with van der Waals surface area (Å²) in [7, 11) is 2.14. The van der Waals surface area contributed by atoms with Crippen LogP contribution in [0.1, 0.15) is 35.1 Å². The summed E-state index contributed by atoms with van der Waals surface area (Å²) in [5.74, 6) is -0.0492. The van der Waals surface area contributed by atoms with Gasteiger partial charge in [-0.05, 0) is 45.3 Å². The smallest absolute Gasteiger partial charge is 0.263 e. The molecule has 0 radical (unpaired) electrons. The summed E-state index contributed by atoms with van der Waals surface area (Å²) >= 11 is 1.25. The van der Waals surface area contributed by atoms with Crippen molar-refractivity contribution < 1.29 is 4.79 Å². The van der Waals surface area contributed by atoms with Gasteiger partial charge in [-0.2, -0.15) is 0 Å². The van der Waals surface area contributed by atoms with E-state index in [-0.39, 0.29) is 11.3 Å². The fraction of sp³-hybridized carbons (Fsp3) is 0.692. The maximum Gasteiger partial charge on any atom is 0.263 e. The lowest BCUT2D eigenvalue weighted by Crippen LogP contribution is -2.43. The zero-order valence-electron chi connectivity index (χ0n) is 11.8. The molecular weight excluding hydrogens is 260 g/mol. The van der Waals surface area contributed by atoms with Crippen molar-refractivity contribution in [2.45, 2.75) is 26.7 Å². The van der Waals surface area contributed by atoms with Gasteiger partial charge < -0.3 is 16.0 Å². The fourth-order valence-corrected chi connectivity index (χ4v) is 3.09. The molecular formula is C13H22N4OS. The number of anilines is 1. The van der Waals surface area contributed by atoms with Crippen LogP contribution < -0.4 is 11.1 Å². The highest BCUT2D eigenvalue weighted by Crippen LogP contribution is 2.29. The highest BCUT2D eigenvalue weighted by molar-refractivity contribution is 7.17. The zero-order chi connectivity index (χ0) is 14.0. The van der Waals surface area contributed by atoms with Crippen molar-refractivity contribution >= 4 is 22.4 Å². The van der Waals surface area contributed by atoms with Gasteiger partial charge in [0.05, 0.1) is 5.69 Å². The summed E-state index contributed by atoms with van der Waals surface area (Å²) in [6.07, 6.45) is 2.24. The number of hydrogen-bond donors (Lipinski definition) is 2. The van der Waals surface area contributed by atoms with Crippen LogP contribution >= 0.6 is 11.3 Å². The number of carbonyl (C=O) groups is 1. The van der Waals surface area contributed by atoms with Gasteiger partial charge in [0.15, 0.2) is 5.13 Å². The number of nitrogens with zero attached hydrogens (tertiary/aromatic N) is 2. The van der Waals surface area contributed by atoms with Crippen LogP contribution in [0.15, 0.2) is 0 Å². The average molecular weight is 282 g/mol. The summed E-state index contributed by atoms with van der Waals surface area (Å²) < 4.78 is 0. The first-order valence-electron chi connectivity index (χ1n) is 6.59. The number of thiazole rings is 1. The van der Waals surface area contributed by atoms with Crippen LogP contribution in [0.4, 0.5) is 5.13 Å². The molecule has 1 aliphatic heterocycles. The largest absolute Gasteiger partial charge is 0.375 e. The Labute approximate surface area is 118 Å². The topological polar surface area (TPSA) is 71.2 Å². The van der Waals surface area contributed by atoms with Crippen molar-refractivity contribution in [1.29, 1.82) is 0 Å². The van der Waals surface area contributed by atoms with E-state index in [0.29, 0.717) is 15.7 Å². The molecule has 5 nitrogen and oxygen atoms in total. The molecule has 1 aromatic heterocycles. The molecule has 1 saturated heterocycles. The zero-order valence-corrected chi connectivity index (χ0v) is 12.6. The Balaban J connectivity index is 1.92. The molecule has 3 N–H and O–H groups in total. The average Bonchev–Trinajstić information content (AvgIpc) is 2.70. The van der Waals surface area contributed by atoms with Crippen molar-refractivity contribution in [2.24, 2.45) is 5.41 Å². The number of aromatic nitrogens is 1. The van der Waals surface area contributed by atoms with Crippen molar-refractivity contribution in [3.05, 3.63) is 10.6 Å². The van der Waals surface area contributed by atoms with Gasteiger partial charge in [-0.25, -0.2) is 4.98 Å². The molecule has 0 aromatic carbocycles. The van der Waals surface area contributed by atoms with E-state index in [0.717, 1.165) is 32.5 Å². The lowest BCUT2D eigenvalue weighted by atomic mass is 9.80. The van der Waals surface area contributed by atoms with E-state index < -0.39 is 0 Å². The molecule has 0 unspecified atom stereocenters. The number of hydrogen-bond acceptors (Lipinski definition) is 5. The van der Waals surface area contributed by atoms with E-state index in [2.05, 4.69) is 29.2 Å². The maximum atomic E-state index is 12.1. The summed E-state index contributed by atoms with van der Waals surface area (Å²) in [5.41, 5.74) is 6.54. The van der Waals surface area contributed by atoms with Gasteiger partial charge in [0, 0.05) is 6.54 Å². The van der Waals surface area contributed by atoms with Gasteiger partial charge >= 0.3 is 0 Å². The second-order valence-corrected chi connectivity index (χ2v) is 6.79. The minimum atomic E-state index is -0.0492. The monoisotopic (exact) mass is 282 g/mol. The van der Waals surface area contributed by atoms with Crippen LogP contribution in [0.2, 0.25) is 0 Å². The summed E-state index contributed by atoms with van der Waals surface area (Å²) in [6, 6.07) is 0. The standard InChI is InChI=1S/C13H22N4OS/c1-9-10(19-12(14)16-9)11(18)15-8-13(2)4-6-17(3)7-5-13/h4-8H2,1-3H3,(H2,14,16)(H,15,18). The Morgan fingerprint density at radius 3 is 2.68 bits per heavy atom. The van der Waals surface area contributed by atoms with Crippen molar-refractivity contribution in [3.63, 3.8) is 0 Å². The van der Waals surface area contributed by atoms with Gasteiger partial charge in [-0.1, -0.05) is 18.3 Å². The van der Waals surface area contributed by atoms with Gasteiger partial charge in [-0.15, -0.1) is 0 Å². The van der Waals surface area contributed by atoms with Crippen LogP contribution in [-0.2, 0) is 0 Å². The Kier molecular flexibility index (Phi) is 4.10.